The summed E-state index contributed by atoms with van der Waals surface area (Å²) >= 11 is 0. The lowest BCUT2D eigenvalue weighted by Crippen LogP contribution is -2.27. The van der Waals surface area contributed by atoms with Gasteiger partial charge in [0.15, 0.2) is 0 Å². The minimum Gasteiger partial charge on any atom is -0.465 e. The van der Waals surface area contributed by atoms with Crippen LogP contribution in [-0.2, 0) is 23.9 Å². The van der Waals surface area contributed by atoms with Crippen molar-refractivity contribution in [3.8, 4) is 0 Å². The van der Waals surface area contributed by atoms with E-state index in [4.69, 9.17) is 9.47 Å². The SMILES string of the molecule is CCCCOCCC(=O)CC(C(C)=O)C(=O)OCC. The van der Waals surface area contributed by atoms with E-state index in [1.165, 1.54) is 6.92 Å². The molecule has 0 aliphatic heterocycles. The van der Waals surface area contributed by atoms with Crippen LogP contribution in [0.4, 0.5) is 0 Å². The molecule has 5 heteroatoms. The Balaban J connectivity index is 4.04. The zero-order valence-corrected chi connectivity index (χ0v) is 12.1. The first-order valence-electron chi connectivity index (χ1n) is 6.79. The van der Waals surface area contributed by atoms with E-state index in [9.17, 15) is 14.4 Å². The monoisotopic (exact) mass is 272 g/mol. The van der Waals surface area contributed by atoms with Crippen LogP contribution in [0, 0.1) is 5.92 Å². The Morgan fingerprint density at radius 1 is 1.11 bits per heavy atom. The molecular weight excluding hydrogens is 248 g/mol. The van der Waals surface area contributed by atoms with E-state index in [0.29, 0.717) is 13.2 Å². The number of ketones is 2. The summed E-state index contributed by atoms with van der Waals surface area (Å²) in [5.41, 5.74) is 0. The molecule has 0 aliphatic carbocycles. The van der Waals surface area contributed by atoms with E-state index >= 15 is 0 Å². The first-order valence-corrected chi connectivity index (χ1v) is 6.79. The second-order valence-electron chi connectivity index (χ2n) is 4.37. The van der Waals surface area contributed by atoms with Crippen LogP contribution in [0.3, 0.4) is 0 Å². The van der Waals surface area contributed by atoms with Crippen LogP contribution in [0.25, 0.3) is 0 Å². The molecule has 0 aromatic rings. The molecule has 0 heterocycles. The average Bonchev–Trinajstić information content (AvgIpc) is 2.35. The number of carbonyl (C=O) groups excluding carboxylic acids is 3. The van der Waals surface area contributed by atoms with Gasteiger partial charge < -0.3 is 9.47 Å². The number of carbonyl (C=O) groups is 3. The molecule has 19 heavy (non-hydrogen) atoms. The predicted octanol–water partition coefficient (Wildman–Crippen LogP) is 1.92. The van der Waals surface area contributed by atoms with Gasteiger partial charge in [-0.25, -0.2) is 0 Å². The number of unbranched alkanes of at least 4 members (excludes halogenated alkanes) is 1. The maximum absolute atomic E-state index is 11.7. The summed E-state index contributed by atoms with van der Waals surface area (Å²) < 4.78 is 10.1. The maximum atomic E-state index is 11.7. The van der Waals surface area contributed by atoms with Crippen molar-refractivity contribution in [3.05, 3.63) is 0 Å². The molecule has 110 valence electrons. The van der Waals surface area contributed by atoms with E-state index in [1.54, 1.807) is 6.92 Å². The highest BCUT2D eigenvalue weighted by Gasteiger charge is 2.27. The Labute approximate surface area is 114 Å². The van der Waals surface area contributed by atoms with Gasteiger partial charge in [-0.05, 0) is 20.3 Å². The van der Waals surface area contributed by atoms with Crippen LogP contribution in [0.5, 0.6) is 0 Å². The Bertz CT molecular complexity index is 298. The van der Waals surface area contributed by atoms with Crippen molar-refractivity contribution in [1.29, 1.82) is 0 Å². The fourth-order valence-electron chi connectivity index (χ4n) is 1.50. The van der Waals surface area contributed by atoms with Gasteiger partial charge in [-0.2, -0.15) is 0 Å². The summed E-state index contributed by atoms with van der Waals surface area (Å²) in [5.74, 6) is -2.07. The normalized spacial score (nSPS) is 11.9. The van der Waals surface area contributed by atoms with Crippen LogP contribution in [0.2, 0.25) is 0 Å². The van der Waals surface area contributed by atoms with Gasteiger partial charge in [0, 0.05) is 19.4 Å². The highest BCUT2D eigenvalue weighted by Crippen LogP contribution is 2.10. The lowest BCUT2D eigenvalue weighted by atomic mass is 9.97. The second-order valence-corrected chi connectivity index (χ2v) is 4.37. The highest BCUT2D eigenvalue weighted by atomic mass is 16.5. The Morgan fingerprint density at radius 3 is 2.32 bits per heavy atom. The van der Waals surface area contributed by atoms with Crippen LogP contribution in [0.1, 0.15) is 46.5 Å². The number of Topliss-reactive ketones (excluding diaryl/α,β-unsaturated/α-hetero) is 2. The molecule has 0 radical (unpaired) electrons. The second kappa shape index (κ2) is 10.7. The maximum Gasteiger partial charge on any atom is 0.316 e. The average molecular weight is 272 g/mol. The molecule has 0 N–H and O–H groups in total. The van der Waals surface area contributed by atoms with E-state index in [1.807, 2.05) is 0 Å². The largest absolute Gasteiger partial charge is 0.465 e. The quantitative estimate of drug-likeness (QED) is 0.326. The number of rotatable bonds is 11. The summed E-state index contributed by atoms with van der Waals surface area (Å²) in [5, 5.41) is 0. The first kappa shape index (κ1) is 17.8. The van der Waals surface area contributed by atoms with Gasteiger partial charge in [-0.3, -0.25) is 14.4 Å². The minimum absolute atomic E-state index is 0.0920. The third-order valence-corrected chi connectivity index (χ3v) is 2.66. The van der Waals surface area contributed by atoms with Crippen molar-refractivity contribution in [2.24, 2.45) is 5.92 Å². The van der Waals surface area contributed by atoms with Crippen molar-refractivity contribution in [1.82, 2.24) is 0 Å². The summed E-state index contributed by atoms with van der Waals surface area (Å²) in [4.78, 5) is 34.5. The van der Waals surface area contributed by atoms with Gasteiger partial charge in [-0.15, -0.1) is 0 Å². The Hall–Kier alpha value is -1.23. The summed E-state index contributed by atoms with van der Waals surface area (Å²) in [7, 11) is 0. The fraction of sp³-hybridized carbons (Fsp3) is 0.786. The van der Waals surface area contributed by atoms with Crippen molar-refractivity contribution in [2.45, 2.75) is 46.5 Å². The molecule has 0 saturated carbocycles. The molecule has 0 spiro atoms. The van der Waals surface area contributed by atoms with Gasteiger partial charge in [0.1, 0.15) is 17.5 Å². The van der Waals surface area contributed by atoms with Gasteiger partial charge in [0.2, 0.25) is 0 Å². The lowest BCUT2D eigenvalue weighted by Gasteiger charge is -2.11. The van der Waals surface area contributed by atoms with Crippen LogP contribution in [-0.4, -0.2) is 37.4 Å². The van der Waals surface area contributed by atoms with Gasteiger partial charge >= 0.3 is 5.97 Å². The molecule has 5 nitrogen and oxygen atoms in total. The fourth-order valence-corrected chi connectivity index (χ4v) is 1.50. The first-order chi connectivity index (χ1) is 9.02. The predicted molar refractivity (Wildman–Crippen MR) is 70.8 cm³/mol. The molecular formula is C14H24O5. The number of hydrogen-bond donors (Lipinski definition) is 0. The molecule has 0 aromatic heterocycles. The Kier molecular flexibility index (Phi) is 9.98. The topological polar surface area (TPSA) is 69.7 Å². The highest BCUT2D eigenvalue weighted by molar-refractivity contribution is 6.01. The molecule has 0 fully saturated rings. The molecule has 0 bridgehead atoms. The van der Waals surface area contributed by atoms with Gasteiger partial charge in [0.25, 0.3) is 0 Å². The van der Waals surface area contributed by atoms with Crippen molar-refractivity contribution in [2.75, 3.05) is 19.8 Å². The minimum atomic E-state index is -0.969. The van der Waals surface area contributed by atoms with E-state index in [0.717, 1.165) is 12.8 Å². The summed E-state index contributed by atoms with van der Waals surface area (Å²) in [6.07, 6.45) is 2.15. The van der Waals surface area contributed by atoms with Crippen molar-refractivity contribution in [3.63, 3.8) is 0 Å². The van der Waals surface area contributed by atoms with Crippen LogP contribution >= 0.6 is 0 Å². The third-order valence-electron chi connectivity index (χ3n) is 2.66. The molecule has 1 atom stereocenters. The standard InChI is InChI=1S/C14H24O5/c1-4-6-8-18-9-7-12(16)10-13(11(3)15)14(17)19-5-2/h13H,4-10H2,1-3H3. The van der Waals surface area contributed by atoms with E-state index in [-0.39, 0.29) is 31.0 Å². The smallest absolute Gasteiger partial charge is 0.316 e. The van der Waals surface area contributed by atoms with Crippen LogP contribution < -0.4 is 0 Å². The molecule has 0 aromatic carbocycles. The molecule has 0 aliphatic rings. The van der Waals surface area contributed by atoms with Crippen molar-refractivity contribution >= 4 is 17.5 Å². The lowest BCUT2D eigenvalue weighted by molar-refractivity contribution is -0.153. The van der Waals surface area contributed by atoms with E-state index in [2.05, 4.69) is 6.92 Å². The Morgan fingerprint density at radius 2 is 1.79 bits per heavy atom. The summed E-state index contributed by atoms with van der Waals surface area (Å²) in [6.45, 7) is 6.21. The van der Waals surface area contributed by atoms with E-state index < -0.39 is 11.9 Å². The molecule has 1 unspecified atom stereocenters. The number of ether oxygens (including phenoxy) is 2. The molecule has 0 rings (SSSR count). The zero-order valence-electron chi connectivity index (χ0n) is 12.1. The number of hydrogen-bond acceptors (Lipinski definition) is 5. The molecule has 0 amide bonds. The van der Waals surface area contributed by atoms with Gasteiger partial charge in [0.05, 0.1) is 13.2 Å². The third kappa shape index (κ3) is 8.48. The summed E-state index contributed by atoms with van der Waals surface area (Å²) in [6, 6.07) is 0. The number of esters is 1. The molecule has 0 saturated heterocycles. The zero-order chi connectivity index (χ0) is 14.7. The van der Waals surface area contributed by atoms with Crippen molar-refractivity contribution < 1.29 is 23.9 Å². The van der Waals surface area contributed by atoms with Crippen LogP contribution in [0.15, 0.2) is 0 Å². The van der Waals surface area contributed by atoms with Gasteiger partial charge in [-0.1, -0.05) is 13.3 Å².